The Labute approximate surface area is 189 Å². The summed E-state index contributed by atoms with van der Waals surface area (Å²) in [5.41, 5.74) is 9.30. The summed E-state index contributed by atoms with van der Waals surface area (Å²) in [5, 5.41) is 2.11. The molecule has 0 unspecified atom stereocenters. The van der Waals surface area contributed by atoms with Crippen LogP contribution >= 0.6 is 0 Å². The van der Waals surface area contributed by atoms with Crippen LogP contribution in [0, 0.1) is 13.8 Å². The Kier molecular flexibility index (Phi) is 5.26. The van der Waals surface area contributed by atoms with E-state index < -0.39 is 0 Å². The average molecular weight is 421 g/mol. The zero-order chi connectivity index (χ0) is 22.2. The van der Waals surface area contributed by atoms with Gasteiger partial charge in [-0.25, -0.2) is 4.98 Å². The topological polar surface area (TPSA) is 38.9 Å². The Bertz CT molecular complexity index is 1390. The zero-order valence-corrected chi connectivity index (χ0v) is 19.1. The van der Waals surface area contributed by atoms with E-state index in [9.17, 15) is 0 Å². The first-order valence-electron chi connectivity index (χ1n) is 11.5. The van der Waals surface area contributed by atoms with Gasteiger partial charge in [0.2, 0.25) is 5.71 Å². The molecule has 0 aliphatic carbocycles. The number of aromatic nitrogens is 2. The number of rotatable bonds is 5. The minimum Gasteiger partial charge on any atom is -0.437 e. The van der Waals surface area contributed by atoms with Crippen LogP contribution in [0.5, 0.6) is 0 Å². The number of aryl methyl sites for hydroxylation is 2. The highest BCUT2D eigenvalue weighted by Crippen LogP contribution is 2.36. The highest BCUT2D eigenvalue weighted by Gasteiger charge is 2.16. The normalized spacial score (nSPS) is 11.7. The second kappa shape index (κ2) is 8.23. The van der Waals surface area contributed by atoms with Gasteiger partial charge in [-0.2, -0.15) is 0 Å². The van der Waals surface area contributed by atoms with E-state index in [1.54, 1.807) is 0 Å². The monoisotopic (exact) mass is 420 g/mol. The summed E-state index contributed by atoms with van der Waals surface area (Å²) in [6.07, 6.45) is 4.28. The SMILES string of the molecule is CCC(CC)c1ccc(-c2cccc3c2oc2nc(-c4c(C)cccc4C)ccc23)nc1. The molecule has 0 N–H and O–H groups in total. The van der Waals surface area contributed by atoms with Gasteiger partial charge in [-0.15, -0.1) is 0 Å². The molecule has 0 saturated heterocycles. The molecular weight excluding hydrogens is 392 g/mol. The van der Waals surface area contributed by atoms with Gasteiger partial charge in [-0.1, -0.05) is 50.2 Å². The van der Waals surface area contributed by atoms with Crippen molar-refractivity contribution in [1.82, 2.24) is 9.97 Å². The molecule has 0 aliphatic heterocycles. The first-order valence-corrected chi connectivity index (χ1v) is 11.5. The number of benzene rings is 2. The predicted octanol–water partition coefficient (Wildman–Crippen LogP) is 8.23. The van der Waals surface area contributed by atoms with E-state index in [2.05, 4.69) is 88.4 Å². The van der Waals surface area contributed by atoms with Crippen molar-refractivity contribution in [1.29, 1.82) is 0 Å². The summed E-state index contributed by atoms with van der Waals surface area (Å²) >= 11 is 0. The van der Waals surface area contributed by atoms with Crippen LogP contribution < -0.4 is 0 Å². The van der Waals surface area contributed by atoms with Crippen molar-refractivity contribution < 1.29 is 4.42 Å². The third kappa shape index (κ3) is 3.38. The minimum absolute atomic E-state index is 0.561. The fraction of sp³-hybridized carbons (Fsp3) is 0.241. The molecule has 0 amide bonds. The molecule has 0 fully saturated rings. The molecule has 160 valence electrons. The van der Waals surface area contributed by atoms with Gasteiger partial charge >= 0.3 is 0 Å². The maximum atomic E-state index is 6.35. The highest BCUT2D eigenvalue weighted by atomic mass is 16.3. The Morgan fingerprint density at radius 3 is 2.19 bits per heavy atom. The Morgan fingerprint density at radius 2 is 1.50 bits per heavy atom. The van der Waals surface area contributed by atoms with E-state index in [0.717, 1.165) is 46.1 Å². The van der Waals surface area contributed by atoms with Crippen molar-refractivity contribution in [2.75, 3.05) is 0 Å². The van der Waals surface area contributed by atoms with Gasteiger partial charge in [0.25, 0.3) is 0 Å². The predicted molar refractivity (Wildman–Crippen MR) is 133 cm³/mol. The number of fused-ring (bicyclic) bond motifs is 3. The van der Waals surface area contributed by atoms with Gasteiger partial charge in [0.15, 0.2) is 0 Å². The molecule has 3 heteroatoms. The minimum atomic E-state index is 0.561. The standard InChI is InChI=1S/C29H28N2O/c1-5-20(6-2)21-13-15-25(30-17-21)24-12-8-11-22-23-14-16-26(31-29(23)32-28(22)24)27-18(3)9-7-10-19(27)4/h7-17,20H,5-6H2,1-4H3. The van der Waals surface area contributed by atoms with Crippen LogP contribution in [0.15, 0.2) is 71.3 Å². The lowest BCUT2D eigenvalue weighted by atomic mass is 9.95. The van der Waals surface area contributed by atoms with Gasteiger partial charge < -0.3 is 4.42 Å². The largest absolute Gasteiger partial charge is 0.437 e. The molecule has 3 aromatic heterocycles. The Morgan fingerprint density at radius 1 is 0.781 bits per heavy atom. The fourth-order valence-corrected chi connectivity index (χ4v) is 4.80. The number of pyridine rings is 2. The van der Waals surface area contributed by atoms with Crippen LogP contribution in [0.4, 0.5) is 0 Å². The van der Waals surface area contributed by atoms with Gasteiger partial charge in [-0.05, 0) is 73.6 Å². The third-order valence-corrected chi connectivity index (χ3v) is 6.62. The summed E-state index contributed by atoms with van der Waals surface area (Å²) in [4.78, 5) is 9.71. The maximum Gasteiger partial charge on any atom is 0.227 e. The smallest absolute Gasteiger partial charge is 0.227 e. The molecule has 5 aromatic rings. The number of hydrogen-bond acceptors (Lipinski definition) is 3. The van der Waals surface area contributed by atoms with Crippen molar-refractivity contribution >= 4 is 22.1 Å². The van der Waals surface area contributed by atoms with Crippen LogP contribution in [0.25, 0.3) is 44.6 Å². The van der Waals surface area contributed by atoms with Gasteiger partial charge in [0, 0.05) is 28.1 Å². The van der Waals surface area contributed by atoms with E-state index in [-0.39, 0.29) is 0 Å². The van der Waals surface area contributed by atoms with Crippen LogP contribution in [-0.4, -0.2) is 9.97 Å². The van der Waals surface area contributed by atoms with Crippen LogP contribution in [0.3, 0.4) is 0 Å². The number of nitrogens with zero attached hydrogens (tertiary/aromatic N) is 2. The van der Waals surface area contributed by atoms with Crippen molar-refractivity contribution in [3.63, 3.8) is 0 Å². The second-order valence-electron chi connectivity index (χ2n) is 8.59. The number of furan rings is 1. The van der Waals surface area contributed by atoms with E-state index in [1.807, 2.05) is 6.20 Å². The lowest BCUT2D eigenvalue weighted by Crippen LogP contribution is -1.96. The first-order chi connectivity index (χ1) is 15.6. The highest BCUT2D eigenvalue weighted by molar-refractivity contribution is 6.08. The van der Waals surface area contributed by atoms with Crippen LogP contribution in [0.1, 0.15) is 49.3 Å². The van der Waals surface area contributed by atoms with Gasteiger partial charge in [-0.3, -0.25) is 4.98 Å². The molecule has 5 rings (SSSR count). The first kappa shape index (κ1) is 20.4. The summed E-state index contributed by atoms with van der Waals surface area (Å²) in [6, 6.07) is 21.1. The van der Waals surface area contributed by atoms with Gasteiger partial charge in [0.1, 0.15) is 5.58 Å². The zero-order valence-electron chi connectivity index (χ0n) is 19.1. The number of para-hydroxylation sites is 1. The number of hydrogen-bond donors (Lipinski definition) is 0. The molecule has 0 spiro atoms. The van der Waals surface area contributed by atoms with Gasteiger partial charge in [0.05, 0.1) is 11.4 Å². The van der Waals surface area contributed by atoms with Crippen LogP contribution in [-0.2, 0) is 0 Å². The average Bonchev–Trinajstić information content (AvgIpc) is 3.18. The quantitative estimate of drug-likeness (QED) is 0.287. The molecule has 0 aliphatic rings. The van der Waals surface area contributed by atoms with E-state index >= 15 is 0 Å². The second-order valence-corrected chi connectivity index (χ2v) is 8.59. The molecule has 0 bridgehead atoms. The fourth-order valence-electron chi connectivity index (χ4n) is 4.80. The summed E-state index contributed by atoms with van der Waals surface area (Å²) in [7, 11) is 0. The van der Waals surface area contributed by atoms with E-state index in [0.29, 0.717) is 11.6 Å². The molecule has 0 saturated carbocycles. The van der Waals surface area contributed by atoms with Crippen molar-refractivity contribution in [3.8, 4) is 22.5 Å². The molecule has 3 heterocycles. The van der Waals surface area contributed by atoms with E-state index in [4.69, 9.17) is 14.4 Å². The lowest BCUT2D eigenvalue weighted by Gasteiger charge is -2.12. The van der Waals surface area contributed by atoms with Crippen molar-refractivity contribution in [2.24, 2.45) is 0 Å². The molecule has 0 radical (unpaired) electrons. The lowest BCUT2D eigenvalue weighted by molar-refractivity contribution is 0.639. The summed E-state index contributed by atoms with van der Waals surface area (Å²) in [5.74, 6) is 0.561. The molecule has 3 nitrogen and oxygen atoms in total. The maximum absolute atomic E-state index is 6.35. The summed E-state index contributed by atoms with van der Waals surface area (Å²) in [6.45, 7) is 8.72. The van der Waals surface area contributed by atoms with Crippen molar-refractivity contribution in [3.05, 3.63) is 83.6 Å². The third-order valence-electron chi connectivity index (χ3n) is 6.62. The van der Waals surface area contributed by atoms with Crippen LogP contribution in [0.2, 0.25) is 0 Å². The van der Waals surface area contributed by atoms with Crippen molar-refractivity contribution in [2.45, 2.75) is 46.5 Å². The molecule has 0 atom stereocenters. The molecular formula is C29H28N2O. The van der Waals surface area contributed by atoms with E-state index in [1.165, 1.54) is 22.3 Å². The molecule has 32 heavy (non-hydrogen) atoms. The Balaban J connectivity index is 1.63. The molecule has 2 aromatic carbocycles. The summed E-state index contributed by atoms with van der Waals surface area (Å²) < 4.78 is 6.35. The Hall–Kier alpha value is -3.46.